The maximum Gasteiger partial charge on any atom is 0.295 e. The topological polar surface area (TPSA) is 113 Å². The third-order valence-electron chi connectivity index (χ3n) is 2.11. The van der Waals surface area contributed by atoms with Crippen LogP contribution in [-0.2, 0) is 9.53 Å². The maximum atomic E-state index is 11.7. The Morgan fingerprint density at radius 2 is 2.28 bits per heavy atom. The van der Waals surface area contributed by atoms with Crippen LogP contribution in [0, 0.1) is 0 Å². The van der Waals surface area contributed by atoms with Crippen molar-refractivity contribution < 1.29 is 14.3 Å². The van der Waals surface area contributed by atoms with Gasteiger partial charge in [-0.05, 0) is 11.6 Å². The summed E-state index contributed by atoms with van der Waals surface area (Å²) in [7, 11) is 3.09. The molecule has 0 fully saturated rings. The number of amides is 2. The van der Waals surface area contributed by atoms with Crippen molar-refractivity contribution in [2.24, 2.45) is 0 Å². The van der Waals surface area contributed by atoms with Crippen LogP contribution in [0.2, 0.25) is 0 Å². The second-order valence-corrected chi connectivity index (χ2v) is 3.59. The van der Waals surface area contributed by atoms with Crippen molar-refractivity contribution in [2.45, 2.75) is 6.42 Å². The summed E-state index contributed by atoms with van der Waals surface area (Å²) >= 11 is 0. The third kappa shape index (κ3) is 4.45. The Balaban J connectivity index is 2.29. The molecule has 9 nitrogen and oxygen atoms in total. The van der Waals surface area contributed by atoms with Gasteiger partial charge in [0, 0.05) is 27.3 Å². The molecule has 1 rings (SSSR count). The quantitative estimate of drug-likeness (QED) is 0.569. The van der Waals surface area contributed by atoms with E-state index in [1.807, 2.05) is 0 Å². The minimum atomic E-state index is -0.462. The molecule has 1 heterocycles. The van der Waals surface area contributed by atoms with E-state index in [-0.39, 0.29) is 18.3 Å². The highest BCUT2D eigenvalue weighted by molar-refractivity contribution is 5.92. The van der Waals surface area contributed by atoms with Crippen LogP contribution in [0.1, 0.15) is 17.0 Å². The highest BCUT2D eigenvalue weighted by Gasteiger charge is 2.18. The number of ether oxygens (including phenoxy) is 1. The predicted molar refractivity (Wildman–Crippen MR) is 60.6 cm³/mol. The third-order valence-corrected chi connectivity index (χ3v) is 2.11. The number of aromatic amines is 1. The zero-order chi connectivity index (χ0) is 13.4. The van der Waals surface area contributed by atoms with Gasteiger partial charge in [0.2, 0.25) is 5.91 Å². The number of hydrogen-bond acceptors (Lipinski definition) is 6. The summed E-state index contributed by atoms with van der Waals surface area (Å²) in [5, 5.41) is 15.2. The standard InChI is InChI=1S/C9H16N6O3/c1-15(9(17)8-11-13-14-12-8)6-7(16)10-4-3-5-18-2/h3-6H2,1-2H3,(H,10,16)(H,11,12,13,14). The zero-order valence-corrected chi connectivity index (χ0v) is 10.3. The lowest BCUT2D eigenvalue weighted by atomic mass is 10.4. The van der Waals surface area contributed by atoms with E-state index in [0.29, 0.717) is 13.2 Å². The number of carbonyl (C=O) groups excluding carboxylic acids is 2. The summed E-state index contributed by atoms with van der Waals surface area (Å²) in [6, 6.07) is 0. The van der Waals surface area contributed by atoms with E-state index >= 15 is 0 Å². The van der Waals surface area contributed by atoms with Crippen LogP contribution in [-0.4, -0.2) is 71.2 Å². The van der Waals surface area contributed by atoms with Crippen LogP contribution in [0.15, 0.2) is 0 Å². The maximum absolute atomic E-state index is 11.7. The number of methoxy groups -OCH3 is 1. The van der Waals surface area contributed by atoms with Crippen molar-refractivity contribution in [3.05, 3.63) is 5.82 Å². The smallest absolute Gasteiger partial charge is 0.295 e. The van der Waals surface area contributed by atoms with Gasteiger partial charge < -0.3 is 15.0 Å². The first-order valence-corrected chi connectivity index (χ1v) is 5.39. The van der Waals surface area contributed by atoms with E-state index in [4.69, 9.17) is 4.74 Å². The molecule has 0 aliphatic rings. The summed E-state index contributed by atoms with van der Waals surface area (Å²) in [6.45, 7) is 1.04. The van der Waals surface area contributed by atoms with Crippen LogP contribution >= 0.6 is 0 Å². The number of nitrogens with one attached hydrogen (secondary N) is 2. The van der Waals surface area contributed by atoms with E-state index in [1.165, 1.54) is 11.9 Å². The van der Waals surface area contributed by atoms with Crippen LogP contribution in [0.3, 0.4) is 0 Å². The molecule has 18 heavy (non-hydrogen) atoms. The Hall–Kier alpha value is -2.03. The lowest BCUT2D eigenvalue weighted by Gasteiger charge is -2.14. The van der Waals surface area contributed by atoms with Crippen molar-refractivity contribution in [3.63, 3.8) is 0 Å². The van der Waals surface area contributed by atoms with Gasteiger partial charge in [-0.3, -0.25) is 9.59 Å². The monoisotopic (exact) mass is 256 g/mol. The first-order chi connectivity index (χ1) is 8.65. The first-order valence-electron chi connectivity index (χ1n) is 5.39. The van der Waals surface area contributed by atoms with Gasteiger partial charge in [-0.1, -0.05) is 0 Å². The Kier molecular flexibility index (Phi) is 5.71. The number of likely N-dealkylation sites (N-methyl/N-ethyl adjacent to an activating group) is 1. The van der Waals surface area contributed by atoms with Crippen molar-refractivity contribution in [3.8, 4) is 0 Å². The van der Waals surface area contributed by atoms with Crippen LogP contribution < -0.4 is 5.32 Å². The molecular formula is C9H16N6O3. The minimum absolute atomic E-state index is 0.0552. The highest BCUT2D eigenvalue weighted by Crippen LogP contribution is 1.93. The molecule has 1 aromatic rings. The number of nitrogens with zero attached hydrogens (tertiary/aromatic N) is 4. The largest absolute Gasteiger partial charge is 0.385 e. The van der Waals surface area contributed by atoms with Crippen molar-refractivity contribution >= 4 is 11.8 Å². The van der Waals surface area contributed by atoms with Gasteiger partial charge in [0.25, 0.3) is 11.7 Å². The molecule has 100 valence electrons. The van der Waals surface area contributed by atoms with Gasteiger partial charge in [0.05, 0.1) is 6.54 Å². The molecule has 0 bridgehead atoms. The normalized spacial score (nSPS) is 10.1. The molecule has 9 heteroatoms. The molecule has 2 amide bonds. The second kappa shape index (κ2) is 7.33. The van der Waals surface area contributed by atoms with E-state index in [2.05, 4.69) is 25.9 Å². The number of rotatable bonds is 7. The minimum Gasteiger partial charge on any atom is -0.385 e. The SMILES string of the molecule is COCCCNC(=O)CN(C)C(=O)c1nn[nH]n1. The number of carbonyl (C=O) groups is 2. The molecule has 0 radical (unpaired) electrons. The van der Waals surface area contributed by atoms with Crippen molar-refractivity contribution in [1.82, 2.24) is 30.8 Å². The molecule has 0 atom stereocenters. The summed E-state index contributed by atoms with van der Waals surface area (Å²) < 4.78 is 4.85. The fourth-order valence-electron chi connectivity index (χ4n) is 1.21. The van der Waals surface area contributed by atoms with Gasteiger partial charge in [-0.15, -0.1) is 10.2 Å². The molecule has 1 aromatic heterocycles. The molecule has 0 saturated heterocycles. The molecule has 2 N–H and O–H groups in total. The fraction of sp³-hybridized carbons (Fsp3) is 0.667. The Morgan fingerprint density at radius 3 is 2.89 bits per heavy atom. The molecule has 0 saturated carbocycles. The lowest BCUT2D eigenvalue weighted by molar-refractivity contribution is -0.121. The Labute approximate surface area is 104 Å². The summed E-state index contributed by atoms with van der Waals surface area (Å²) in [6.07, 6.45) is 0.727. The lowest BCUT2D eigenvalue weighted by Crippen LogP contribution is -2.39. The van der Waals surface area contributed by atoms with Crippen LogP contribution in [0.4, 0.5) is 0 Å². The number of tetrazole rings is 1. The average molecular weight is 256 g/mol. The van der Waals surface area contributed by atoms with Crippen LogP contribution in [0.5, 0.6) is 0 Å². The van der Waals surface area contributed by atoms with Crippen LogP contribution in [0.25, 0.3) is 0 Å². The van der Waals surface area contributed by atoms with Crippen molar-refractivity contribution in [2.75, 3.05) is 33.9 Å². The van der Waals surface area contributed by atoms with Gasteiger partial charge in [-0.25, -0.2) is 0 Å². The molecule has 0 aliphatic heterocycles. The molecule has 0 spiro atoms. The van der Waals surface area contributed by atoms with E-state index in [1.54, 1.807) is 7.11 Å². The van der Waals surface area contributed by atoms with Crippen molar-refractivity contribution in [1.29, 1.82) is 0 Å². The van der Waals surface area contributed by atoms with E-state index in [0.717, 1.165) is 6.42 Å². The zero-order valence-electron chi connectivity index (χ0n) is 10.3. The van der Waals surface area contributed by atoms with E-state index < -0.39 is 5.91 Å². The number of aromatic nitrogens is 4. The fourth-order valence-corrected chi connectivity index (χ4v) is 1.21. The first kappa shape index (κ1) is 14.0. The molecule has 0 aliphatic carbocycles. The average Bonchev–Trinajstić information content (AvgIpc) is 2.87. The number of hydrogen-bond donors (Lipinski definition) is 2. The Morgan fingerprint density at radius 1 is 1.50 bits per heavy atom. The van der Waals surface area contributed by atoms with Gasteiger partial charge in [-0.2, -0.15) is 5.21 Å². The Bertz CT molecular complexity index is 380. The van der Waals surface area contributed by atoms with Gasteiger partial charge >= 0.3 is 0 Å². The van der Waals surface area contributed by atoms with Gasteiger partial charge in [0.15, 0.2) is 0 Å². The summed E-state index contributed by atoms with van der Waals surface area (Å²) in [4.78, 5) is 24.4. The number of H-pyrrole nitrogens is 1. The predicted octanol–water partition coefficient (Wildman–Crippen LogP) is -1.58. The van der Waals surface area contributed by atoms with Gasteiger partial charge in [0.1, 0.15) is 0 Å². The molecule has 0 unspecified atom stereocenters. The molecular weight excluding hydrogens is 240 g/mol. The summed E-state index contributed by atoms with van der Waals surface area (Å²) in [5.74, 6) is -0.772. The van der Waals surface area contributed by atoms with E-state index in [9.17, 15) is 9.59 Å². The second-order valence-electron chi connectivity index (χ2n) is 3.59. The molecule has 0 aromatic carbocycles. The highest BCUT2D eigenvalue weighted by atomic mass is 16.5. The summed E-state index contributed by atoms with van der Waals surface area (Å²) in [5.41, 5.74) is 0.